The molecule has 7 nitrogen and oxygen atoms in total. The zero-order valence-electron chi connectivity index (χ0n) is 17.3. The first-order valence-corrected chi connectivity index (χ1v) is 11.5. The summed E-state index contributed by atoms with van der Waals surface area (Å²) in [7, 11) is 0. The van der Waals surface area contributed by atoms with Crippen molar-refractivity contribution in [1.29, 1.82) is 5.26 Å². The van der Waals surface area contributed by atoms with Gasteiger partial charge in [-0.2, -0.15) is 5.26 Å². The van der Waals surface area contributed by atoms with Crippen LogP contribution in [0.3, 0.4) is 0 Å². The number of halogens is 1. The van der Waals surface area contributed by atoms with E-state index < -0.39 is 11.6 Å². The summed E-state index contributed by atoms with van der Waals surface area (Å²) in [6.45, 7) is 1.99. The van der Waals surface area contributed by atoms with E-state index in [1.807, 2.05) is 6.07 Å². The standard InChI is InChI=1S/C24H16BrN3O4S/c1-2-31-23(29)17-5-3-4-6-19(17)27-12-15(11-26)22-28-20(13-33-22)18-10-14-9-16(25)7-8-21(14)32-24(18)30/h3-10,12-13,27H,2H2,1H3. The number of rotatable bonds is 6. The predicted molar refractivity (Wildman–Crippen MR) is 131 cm³/mol. The monoisotopic (exact) mass is 521 g/mol. The van der Waals surface area contributed by atoms with Gasteiger partial charge in [-0.1, -0.05) is 28.1 Å². The van der Waals surface area contributed by atoms with Gasteiger partial charge in [0.05, 0.1) is 29.1 Å². The van der Waals surface area contributed by atoms with Crippen LogP contribution in [-0.4, -0.2) is 17.6 Å². The minimum absolute atomic E-state index is 0.248. The zero-order valence-corrected chi connectivity index (χ0v) is 19.7. The predicted octanol–water partition coefficient (Wildman–Crippen LogP) is 5.83. The molecule has 2 aromatic carbocycles. The van der Waals surface area contributed by atoms with Gasteiger partial charge in [0.2, 0.25) is 0 Å². The van der Waals surface area contributed by atoms with E-state index >= 15 is 0 Å². The van der Waals surface area contributed by atoms with Gasteiger partial charge in [-0.25, -0.2) is 14.6 Å². The fraction of sp³-hybridized carbons (Fsp3) is 0.0833. The second-order valence-corrected chi connectivity index (χ2v) is 8.52. The van der Waals surface area contributed by atoms with E-state index in [1.54, 1.807) is 54.8 Å². The first-order chi connectivity index (χ1) is 16.0. The Kier molecular flexibility index (Phi) is 6.68. The van der Waals surface area contributed by atoms with Crippen molar-refractivity contribution in [3.63, 3.8) is 0 Å². The third-order valence-electron chi connectivity index (χ3n) is 4.62. The average molecular weight is 522 g/mol. The van der Waals surface area contributed by atoms with E-state index in [9.17, 15) is 14.9 Å². The molecule has 0 aliphatic carbocycles. The van der Waals surface area contributed by atoms with E-state index in [0.717, 1.165) is 9.86 Å². The lowest BCUT2D eigenvalue weighted by Crippen LogP contribution is -2.07. The van der Waals surface area contributed by atoms with Crippen molar-refractivity contribution in [3.8, 4) is 17.3 Å². The molecule has 164 valence electrons. The van der Waals surface area contributed by atoms with Crippen LogP contribution < -0.4 is 10.9 Å². The number of hydrogen-bond acceptors (Lipinski definition) is 8. The third-order valence-corrected chi connectivity index (χ3v) is 5.99. The molecule has 4 aromatic rings. The fourth-order valence-corrected chi connectivity index (χ4v) is 4.25. The molecule has 0 spiro atoms. The number of hydrogen-bond donors (Lipinski definition) is 1. The Bertz CT molecular complexity index is 1480. The van der Waals surface area contributed by atoms with Crippen molar-refractivity contribution in [3.05, 3.63) is 85.6 Å². The SMILES string of the molecule is CCOC(=O)c1ccccc1NC=C(C#N)c1nc(-c2cc3cc(Br)ccc3oc2=O)cs1. The summed E-state index contributed by atoms with van der Waals surface area (Å²) in [6, 6.07) is 16.0. The molecular weight excluding hydrogens is 506 g/mol. The maximum atomic E-state index is 12.5. The minimum atomic E-state index is -0.509. The Balaban J connectivity index is 1.64. The number of nitriles is 1. The van der Waals surface area contributed by atoms with E-state index in [2.05, 4.69) is 32.3 Å². The summed E-state index contributed by atoms with van der Waals surface area (Å²) in [5, 5.41) is 15.5. The summed E-state index contributed by atoms with van der Waals surface area (Å²) < 4.78 is 11.3. The fourth-order valence-electron chi connectivity index (χ4n) is 3.08. The third kappa shape index (κ3) is 4.87. The number of aromatic nitrogens is 1. The van der Waals surface area contributed by atoms with Crippen LogP contribution in [-0.2, 0) is 4.74 Å². The van der Waals surface area contributed by atoms with Crippen molar-refractivity contribution < 1.29 is 13.9 Å². The van der Waals surface area contributed by atoms with E-state index in [-0.39, 0.29) is 12.2 Å². The molecule has 1 N–H and O–H groups in total. The van der Waals surface area contributed by atoms with Crippen LogP contribution in [0.1, 0.15) is 22.3 Å². The molecule has 0 saturated heterocycles. The lowest BCUT2D eigenvalue weighted by atomic mass is 10.1. The van der Waals surface area contributed by atoms with Crippen LogP contribution in [0.4, 0.5) is 5.69 Å². The number of thiazole rings is 1. The van der Waals surface area contributed by atoms with Gasteiger partial charge in [0.25, 0.3) is 0 Å². The number of carbonyl (C=O) groups excluding carboxylic acids is 1. The van der Waals surface area contributed by atoms with E-state index in [0.29, 0.717) is 33.1 Å². The van der Waals surface area contributed by atoms with Gasteiger partial charge in [-0.3, -0.25) is 0 Å². The average Bonchev–Trinajstić information content (AvgIpc) is 3.29. The van der Waals surface area contributed by atoms with E-state index in [1.165, 1.54) is 17.5 Å². The molecular formula is C24H16BrN3O4S. The number of ether oxygens (including phenoxy) is 1. The van der Waals surface area contributed by atoms with Gasteiger partial charge < -0.3 is 14.5 Å². The molecule has 0 saturated carbocycles. The number of esters is 1. The van der Waals surface area contributed by atoms with Crippen molar-refractivity contribution in [2.75, 3.05) is 11.9 Å². The van der Waals surface area contributed by atoms with Crippen molar-refractivity contribution in [1.82, 2.24) is 4.98 Å². The van der Waals surface area contributed by atoms with Crippen molar-refractivity contribution >= 4 is 55.5 Å². The van der Waals surface area contributed by atoms with E-state index in [4.69, 9.17) is 9.15 Å². The second-order valence-electron chi connectivity index (χ2n) is 6.75. The molecule has 0 unspecified atom stereocenters. The van der Waals surface area contributed by atoms with Crippen LogP contribution in [0.25, 0.3) is 27.8 Å². The highest BCUT2D eigenvalue weighted by Crippen LogP contribution is 2.28. The Morgan fingerprint density at radius 2 is 2.12 bits per heavy atom. The highest BCUT2D eigenvalue weighted by Gasteiger charge is 2.15. The highest BCUT2D eigenvalue weighted by molar-refractivity contribution is 9.10. The lowest BCUT2D eigenvalue weighted by Gasteiger charge is -2.08. The molecule has 4 rings (SSSR count). The Hall–Kier alpha value is -3.74. The summed E-state index contributed by atoms with van der Waals surface area (Å²) in [4.78, 5) is 29.1. The Labute approximate surface area is 201 Å². The molecule has 0 amide bonds. The molecule has 2 aromatic heterocycles. The number of carbonyl (C=O) groups is 1. The first kappa shape index (κ1) is 22.5. The number of benzene rings is 2. The summed E-state index contributed by atoms with van der Waals surface area (Å²) in [5.41, 5.74) is 1.79. The summed E-state index contributed by atoms with van der Waals surface area (Å²) in [5.74, 6) is -0.460. The molecule has 0 aliphatic heterocycles. The lowest BCUT2D eigenvalue weighted by molar-refractivity contribution is 0.0527. The van der Waals surface area contributed by atoms with Crippen LogP contribution in [0, 0.1) is 11.3 Å². The molecule has 9 heteroatoms. The smallest absolute Gasteiger partial charge is 0.345 e. The van der Waals surface area contributed by atoms with Gasteiger partial charge >= 0.3 is 11.6 Å². The zero-order chi connectivity index (χ0) is 23.4. The first-order valence-electron chi connectivity index (χ1n) is 9.82. The largest absolute Gasteiger partial charge is 0.462 e. The van der Waals surface area contributed by atoms with Crippen LogP contribution in [0.2, 0.25) is 0 Å². The Morgan fingerprint density at radius 1 is 1.30 bits per heavy atom. The molecule has 0 radical (unpaired) electrons. The maximum Gasteiger partial charge on any atom is 0.345 e. The molecule has 0 fully saturated rings. The van der Waals surface area contributed by atoms with Gasteiger partial charge in [0, 0.05) is 21.4 Å². The molecule has 0 aliphatic rings. The number of allylic oxidation sites excluding steroid dienone is 1. The van der Waals surface area contributed by atoms with Crippen LogP contribution >= 0.6 is 27.3 Å². The summed E-state index contributed by atoms with van der Waals surface area (Å²) in [6.07, 6.45) is 1.47. The van der Waals surface area contributed by atoms with Gasteiger partial charge in [0.15, 0.2) is 0 Å². The van der Waals surface area contributed by atoms with Crippen LogP contribution in [0.15, 0.2) is 73.8 Å². The van der Waals surface area contributed by atoms with Gasteiger partial charge in [0.1, 0.15) is 22.2 Å². The number of nitrogens with zero attached hydrogens (tertiary/aromatic N) is 2. The second kappa shape index (κ2) is 9.81. The molecule has 0 bridgehead atoms. The Morgan fingerprint density at radius 3 is 2.91 bits per heavy atom. The quantitative estimate of drug-likeness (QED) is 0.193. The molecule has 2 heterocycles. The summed E-state index contributed by atoms with van der Waals surface area (Å²) >= 11 is 4.64. The van der Waals surface area contributed by atoms with Crippen LogP contribution in [0.5, 0.6) is 0 Å². The van der Waals surface area contributed by atoms with Gasteiger partial charge in [-0.05, 0) is 43.3 Å². The minimum Gasteiger partial charge on any atom is -0.462 e. The van der Waals surface area contributed by atoms with Crippen molar-refractivity contribution in [2.24, 2.45) is 0 Å². The maximum absolute atomic E-state index is 12.5. The van der Waals surface area contributed by atoms with Gasteiger partial charge in [-0.15, -0.1) is 11.3 Å². The topological polar surface area (TPSA) is 105 Å². The number of para-hydroxylation sites is 1. The number of fused-ring (bicyclic) bond motifs is 1. The molecule has 0 atom stereocenters. The van der Waals surface area contributed by atoms with Crippen molar-refractivity contribution in [2.45, 2.75) is 6.92 Å². The number of anilines is 1. The highest BCUT2D eigenvalue weighted by atomic mass is 79.9. The number of nitrogens with one attached hydrogen (secondary N) is 1. The normalized spacial score (nSPS) is 11.2. The molecule has 33 heavy (non-hydrogen) atoms.